The number of aromatic nitrogens is 2. The van der Waals surface area contributed by atoms with Gasteiger partial charge in [0, 0.05) is 11.4 Å². The number of hydrogen-bond donors (Lipinski definition) is 1. The molecule has 18 heavy (non-hydrogen) atoms. The van der Waals surface area contributed by atoms with Crippen molar-refractivity contribution < 1.29 is 0 Å². The van der Waals surface area contributed by atoms with E-state index in [4.69, 9.17) is 0 Å². The molecule has 1 fully saturated rings. The molecule has 96 valence electrons. The van der Waals surface area contributed by atoms with Gasteiger partial charge in [-0.2, -0.15) is 0 Å². The van der Waals surface area contributed by atoms with Gasteiger partial charge in [-0.05, 0) is 44.8 Å². The van der Waals surface area contributed by atoms with Crippen molar-refractivity contribution in [1.82, 2.24) is 14.9 Å². The molecule has 1 saturated heterocycles. The smallest absolute Gasteiger partial charge is 0.262 e. The number of thiophene rings is 1. The third-order valence-corrected chi connectivity index (χ3v) is 4.51. The van der Waals surface area contributed by atoms with Crippen molar-refractivity contribution >= 4 is 21.6 Å². The lowest BCUT2D eigenvalue weighted by Gasteiger charge is -2.22. The Bertz CT molecular complexity index is 610. The molecule has 0 atom stereocenters. The summed E-state index contributed by atoms with van der Waals surface area (Å²) in [6.07, 6.45) is 4.00. The highest BCUT2D eigenvalue weighted by Crippen LogP contribution is 2.20. The Morgan fingerprint density at radius 2 is 2.28 bits per heavy atom. The zero-order valence-electron chi connectivity index (χ0n) is 10.5. The van der Waals surface area contributed by atoms with E-state index in [2.05, 4.69) is 10.3 Å². The number of nitrogens with zero attached hydrogens (tertiary/aromatic N) is 2. The minimum Gasteiger partial charge on any atom is -0.317 e. The van der Waals surface area contributed by atoms with Crippen LogP contribution in [0.4, 0.5) is 0 Å². The Kier molecular flexibility index (Phi) is 3.18. The molecule has 0 spiro atoms. The standard InChI is InChI=1S/C13H17N3OS/c1-9-6-11-12(18-9)15-8-16(13(11)17)7-10-2-4-14-5-3-10/h6,8,10,14H,2-5,7H2,1H3. The second-order valence-electron chi connectivity index (χ2n) is 4.97. The van der Waals surface area contributed by atoms with Crippen LogP contribution in [0, 0.1) is 12.8 Å². The fourth-order valence-corrected chi connectivity index (χ4v) is 3.39. The maximum Gasteiger partial charge on any atom is 0.262 e. The fraction of sp³-hybridized carbons (Fsp3) is 0.538. The first-order valence-corrected chi connectivity index (χ1v) is 7.22. The molecule has 0 saturated carbocycles. The molecule has 1 N–H and O–H groups in total. The van der Waals surface area contributed by atoms with Gasteiger partial charge in [-0.25, -0.2) is 4.98 Å². The maximum absolute atomic E-state index is 12.3. The van der Waals surface area contributed by atoms with Gasteiger partial charge < -0.3 is 5.32 Å². The van der Waals surface area contributed by atoms with Crippen molar-refractivity contribution in [2.24, 2.45) is 5.92 Å². The molecule has 0 amide bonds. The molecule has 0 aliphatic carbocycles. The zero-order chi connectivity index (χ0) is 12.5. The molecule has 0 bridgehead atoms. The monoisotopic (exact) mass is 263 g/mol. The lowest BCUT2D eigenvalue weighted by Crippen LogP contribution is -2.32. The van der Waals surface area contributed by atoms with E-state index >= 15 is 0 Å². The van der Waals surface area contributed by atoms with Crippen LogP contribution in [0.5, 0.6) is 0 Å². The third kappa shape index (κ3) is 2.20. The zero-order valence-corrected chi connectivity index (χ0v) is 11.3. The second-order valence-corrected chi connectivity index (χ2v) is 6.21. The van der Waals surface area contributed by atoms with E-state index in [9.17, 15) is 4.79 Å². The summed E-state index contributed by atoms with van der Waals surface area (Å²) in [4.78, 5) is 18.7. The van der Waals surface area contributed by atoms with Gasteiger partial charge in [0.2, 0.25) is 0 Å². The highest BCUT2D eigenvalue weighted by molar-refractivity contribution is 7.18. The fourth-order valence-electron chi connectivity index (χ4n) is 2.55. The van der Waals surface area contributed by atoms with Crippen LogP contribution in [0.2, 0.25) is 0 Å². The first-order chi connectivity index (χ1) is 8.74. The predicted molar refractivity (Wildman–Crippen MR) is 74.2 cm³/mol. The van der Waals surface area contributed by atoms with E-state index < -0.39 is 0 Å². The van der Waals surface area contributed by atoms with Gasteiger partial charge in [0.05, 0.1) is 11.7 Å². The van der Waals surface area contributed by atoms with Crippen molar-refractivity contribution in [2.45, 2.75) is 26.3 Å². The van der Waals surface area contributed by atoms with E-state index in [-0.39, 0.29) is 5.56 Å². The highest BCUT2D eigenvalue weighted by Gasteiger charge is 2.15. The number of aryl methyl sites for hydroxylation is 1. The van der Waals surface area contributed by atoms with Crippen LogP contribution in [-0.2, 0) is 6.54 Å². The first-order valence-electron chi connectivity index (χ1n) is 6.40. The van der Waals surface area contributed by atoms with Crippen LogP contribution in [0.1, 0.15) is 17.7 Å². The average Bonchev–Trinajstić information content (AvgIpc) is 2.76. The molecule has 2 aromatic heterocycles. The van der Waals surface area contributed by atoms with Gasteiger partial charge >= 0.3 is 0 Å². The largest absolute Gasteiger partial charge is 0.317 e. The number of piperidine rings is 1. The molecule has 0 aromatic carbocycles. The molecule has 1 aliphatic heterocycles. The number of nitrogens with one attached hydrogen (secondary N) is 1. The molecule has 0 radical (unpaired) electrons. The summed E-state index contributed by atoms with van der Waals surface area (Å²) in [7, 11) is 0. The van der Waals surface area contributed by atoms with E-state index in [1.165, 1.54) is 0 Å². The summed E-state index contributed by atoms with van der Waals surface area (Å²) in [5.41, 5.74) is 0.114. The number of hydrogen-bond acceptors (Lipinski definition) is 4. The normalized spacial score (nSPS) is 17.4. The van der Waals surface area contributed by atoms with E-state index in [0.29, 0.717) is 5.92 Å². The Balaban J connectivity index is 1.91. The topological polar surface area (TPSA) is 46.9 Å². The Hall–Kier alpha value is -1.20. The first kappa shape index (κ1) is 11.9. The van der Waals surface area contributed by atoms with E-state index in [1.807, 2.05) is 13.0 Å². The van der Waals surface area contributed by atoms with Crippen LogP contribution in [0.25, 0.3) is 10.2 Å². The van der Waals surface area contributed by atoms with Gasteiger partial charge in [-0.1, -0.05) is 0 Å². The van der Waals surface area contributed by atoms with Crippen LogP contribution in [0.15, 0.2) is 17.2 Å². The Morgan fingerprint density at radius 1 is 1.50 bits per heavy atom. The lowest BCUT2D eigenvalue weighted by atomic mass is 9.98. The summed E-state index contributed by atoms with van der Waals surface area (Å²) in [5.74, 6) is 0.600. The number of rotatable bonds is 2. The molecule has 5 heteroatoms. The van der Waals surface area contributed by atoms with Gasteiger partial charge in [-0.3, -0.25) is 9.36 Å². The summed E-state index contributed by atoms with van der Waals surface area (Å²) >= 11 is 1.59. The second kappa shape index (κ2) is 4.82. The minimum atomic E-state index is 0.114. The van der Waals surface area contributed by atoms with Gasteiger partial charge in [0.25, 0.3) is 5.56 Å². The minimum absolute atomic E-state index is 0.114. The molecule has 1 aliphatic rings. The van der Waals surface area contributed by atoms with Gasteiger partial charge in [0.15, 0.2) is 0 Å². The lowest BCUT2D eigenvalue weighted by molar-refractivity contribution is 0.329. The summed E-state index contributed by atoms with van der Waals surface area (Å²) in [5, 5.41) is 4.12. The molecule has 2 aromatic rings. The SMILES string of the molecule is Cc1cc2c(=O)n(CC3CCNCC3)cnc2s1. The van der Waals surface area contributed by atoms with Crippen molar-refractivity contribution in [3.8, 4) is 0 Å². The highest BCUT2D eigenvalue weighted by atomic mass is 32.1. The van der Waals surface area contributed by atoms with Gasteiger partial charge in [0.1, 0.15) is 4.83 Å². The summed E-state index contributed by atoms with van der Waals surface area (Å²) in [6.45, 7) is 4.95. The Labute approximate surface area is 110 Å². The Morgan fingerprint density at radius 3 is 3.06 bits per heavy atom. The van der Waals surface area contributed by atoms with Crippen LogP contribution in [-0.4, -0.2) is 22.6 Å². The van der Waals surface area contributed by atoms with Crippen molar-refractivity contribution in [2.75, 3.05) is 13.1 Å². The molecule has 4 nitrogen and oxygen atoms in total. The van der Waals surface area contributed by atoms with E-state index in [0.717, 1.165) is 47.6 Å². The van der Waals surface area contributed by atoms with Crippen molar-refractivity contribution in [1.29, 1.82) is 0 Å². The molecular formula is C13H17N3OS. The molecular weight excluding hydrogens is 246 g/mol. The molecule has 3 heterocycles. The third-order valence-electron chi connectivity index (χ3n) is 3.55. The predicted octanol–water partition coefficient (Wildman–Crippen LogP) is 1.77. The average molecular weight is 263 g/mol. The van der Waals surface area contributed by atoms with Crippen LogP contribution >= 0.6 is 11.3 Å². The van der Waals surface area contributed by atoms with Crippen LogP contribution < -0.4 is 10.9 Å². The maximum atomic E-state index is 12.3. The molecule has 0 unspecified atom stereocenters. The van der Waals surface area contributed by atoms with Crippen LogP contribution in [0.3, 0.4) is 0 Å². The van der Waals surface area contributed by atoms with E-state index in [1.54, 1.807) is 22.2 Å². The molecule has 3 rings (SSSR count). The summed E-state index contributed by atoms with van der Waals surface area (Å²) in [6, 6.07) is 1.95. The quantitative estimate of drug-likeness (QED) is 0.898. The summed E-state index contributed by atoms with van der Waals surface area (Å²) < 4.78 is 1.78. The number of fused-ring (bicyclic) bond motifs is 1. The van der Waals surface area contributed by atoms with Crippen molar-refractivity contribution in [3.05, 3.63) is 27.6 Å². The van der Waals surface area contributed by atoms with Gasteiger partial charge in [-0.15, -0.1) is 11.3 Å². The van der Waals surface area contributed by atoms with Crippen molar-refractivity contribution in [3.63, 3.8) is 0 Å².